The molecule has 1 aromatic carbocycles. The SMILES string of the molecule is N#CC(=CNc1cc(Cl)ccc1Cl)C(N)=S. The molecule has 0 atom stereocenters. The van der Waals surface area contributed by atoms with Crippen LogP contribution >= 0.6 is 35.4 Å². The third kappa shape index (κ3) is 3.38. The Balaban J connectivity index is 2.94. The number of hydrogen-bond acceptors (Lipinski definition) is 3. The number of anilines is 1. The van der Waals surface area contributed by atoms with Gasteiger partial charge in [-0.25, -0.2) is 0 Å². The molecule has 0 radical (unpaired) electrons. The number of nitrogens with two attached hydrogens (primary N) is 1. The lowest BCUT2D eigenvalue weighted by Gasteiger charge is -2.04. The van der Waals surface area contributed by atoms with Gasteiger partial charge >= 0.3 is 0 Å². The molecule has 0 saturated heterocycles. The zero-order chi connectivity index (χ0) is 12.1. The van der Waals surface area contributed by atoms with Crippen LogP contribution in [0, 0.1) is 11.3 Å². The minimum absolute atomic E-state index is 0.0214. The maximum Gasteiger partial charge on any atom is 0.116 e. The van der Waals surface area contributed by atoms with E-state index in [0.29, 0.717) is 15.7 Å². The Morgan fingerprint density at radius 3 is 2.75 bits per heavy atom. The molecule has 3 N–H and O–H groups in total. The van der Waals surface area contributed by atoms with Gasteiger partial charge in [0.25, 0.3) is 0 Å². The number of rotatable bonds is 3. The van der Waals surface area contributed by atoms with Crippen molar-refractivity contribution in [2.75, 3.05) is 5.32 Å². The van der Waals surface area contributed by atoms with Gasteiger partial charge in [0.1, 0.15) is 16.6 Å². The van der Waals surface area contributed by atoms with Gasteiger partial charge in [0.15, 0.2) is 0 Å². The van der Waals surface area contributed by atoms with E-state index in [1.54, 1.807) is 18.2 Å². The van der Waals surface area contributed by atoms with E-state index in [4.69, 9.17) is 34.2 Å². The Kier molecular flexibility index (Phi) is 4.56. The Morgan fingerprint density at radius 1 is 1.50 bits per heavy atom. The lowest BCUT2D eigenvalue weighted by atomic mass is 10.3. The molecule has 1 aromatic rings. The number of nitrogens with zero attached hydrogens (tertiary/aromatic N) is 1. The normalized spacial score (nSPS) is 10.7. The summed E-state index contributed by atoms with van der Waals surface area (Å²) < 4.78 is 0. The number of hydrogen-bond donors (Lipinski definition) is 2. The Morgan fingerprint density at radius 2 is 2.19 bits per heavy atom. The fourth-order valence-corrected chi connectivity index (χ4v) is 1.37. The minimum Gasteiger partial charge on any atom is -0.389 e. The zero-order valence-corrected chi connectivity index (χ0v) is 10.3. The maximum atomic E-state index is 8.71. The van der Waals surface area contributed by atoms with Crippen molar-refractivity contribution >= 4 is 46.1 Å². The van der Waals surface area contributed by atoms with Crippen LogP contribution in [0.4, 0.5) is 5.69 Å². The van der Waals surface area contributed by atoms with E-state index in [0.717, 1.165) is 0 Å². The molecule has 0 spiro atoms. The average molecular weight is 272 g/mol. The van der Waals surface area contributed by atoms with Crippen LogP contribution in [0.3, 0.4) is 0 Å². The van der Waals surface area contributed by atoms with Crippen molar-refractivity contribution in [3.63, 3.8) is 0 Å². The standard InChI is InChI=1S/C10H7Cl2N3S/c11-7-1-2-8(12)9(3-7)15-5-6(4-13)10(14)16/h1-3,5,15H,(H2,14,16). The van der Waals surface area contributed by atoms with Gasteiger partial charge in [0.2, 0.25) is 0 Å². The number of benzene rings is 1. The van der Waals surface area contributed by atoms with E-state index < -0.39 is 0 Å². The van der Waals surface area contributed by atoms with Gasteiger partial charge in [0, 0.05) is 11.2 Å². The third-order valence-corrected chi connectivity index (χ3v) is 2.47. The summed E-state index contributed by atoms with van der Waals surface area (Å²) in [6.07, 6.45) is 1.39. The zero-order valence-electron chi connectivity index (χ0n) is 8.00. The van der Waals surface area contributed by atoms with Crippen molar-refractivity contribution in [1.82, 2.24) is 0 Å². The van der Waals surface area contributed by atoms with Crippen LogP contribution in [0.5, 0.6) is 0 Å². The Bertz CT molecular complexity index is 491. The van der Waals surface area contributed by atoms with Gasteiger partial charge in [-0.05, 0) is 18.2 Å². The molecule has 82 valence electrons. The van der Waals surface area contributed by atoms with Gasteiger partial charge in [-0.2, -0.15) is 5.26 Å². The van der Waals surface area contributed by atoms with Crippen LogP contribution in [0.15, 0.2) is 30.0 Å². The van der Waals surface area contributed by atoms with Crippen LogP contribution in [-0.4, -0.2) is 4.99 Å². The Hall–Kier alpha value is -1.28. The van der Waals surface area contributed by atoms with E-state index in [2.05, 4.69) is 17.5 Å². The highest BCUT2D eigenvalue weighted by Gasteiger charge is 2.01. The summed E-state index contributed by atoms with van der Waals surface area (Å²) in [5.74, 6) is 0. The highest BCUT2D eigenvalue weighted by atomic mass is 35.5. The van der Waals surface area contributed by atoms with Crippen molar-refractivity contribution in [2.24, 2.45) is 5.73 Å². The number of nitrogens with one attached hydrogen (secondary N) is 1. The van der Waals surface area contributed by atoms with Crippen LogP contribution in [0.1, 0.15) is 0 Å². The third-order valence-electron chi connectivity index (χ3n) is 1.69. The number of thiocarbonyl (C=S) groups is 1. The molecule has 6 heteroatoms. The molecule has 3 nitrogen and oxygen atoms in total. The lowest BCUT2D eigenvalue weighted by molar-refractivity contribution is 1.49. The van der Waals surface area contributed by atoms with E-state index in [1.165, 1.54) is 6.20 Å². The number of halogens is 2. The van der Waals surface area contributed by atoms with Crippen molar-refractivity contribution in [3.05, 3.63) is 40.0 Å². The first-order chi connectivity index (χ1) is 7.54. The van der Waals surface area contributed by atoms with Gasteiger partial charge in [-0.1, -0.05) is 35.4 Å². The van der Waals surface area contributed by atoms with Crippen LogP contribution in [-0.2, 0) is 0 Å². The molecule has 0 aliphatic carbocycles. The molecule has 0 amide bonds. The summed E-state index contributed by atoms with van der Waals surface area (Å²) in [6.45, 7) is 0. The smallest absolute Gasteiger partial charge is 0.116 e. The summed E-state index contributed by atoms with van der Waals surface area (Å²) >= 11 is 16.4. The first-order valence-electron chi connectivity index (χ1n) is 4.16. The lowest BCUT2D eigenvalue weighted by Crippen LogP contribution is -2.11. The predicted octanol–water partition coefficient (Wildman–Crippen LogP) is 3.10. The summed E-state index contributed by atoms with van der Waals surface area (Å²) in [4.78, 5) is 0.0214. The molecule has 0 aliphatic heterocycles. The molecule has 0 fully saturated rings. The van der Waals surface area contributed by atoms with Crippen molar-refractivity contribution in [2.45, 2.75) is 0 Å². The molecule has 1 rings (SSSR count). The Labute approximate surface area is 108 Å². The molecule has 0 unspecified atom stereocenters. The fourth-order valence-electron chi connectivity index (χ4n) is 0.917. The number of nitriles is 1. The fraction of sp³-hybridized carbons (Fsp3) is 0. The van der Waals surface area contributed by atoms with Gasteiger partial charge < -0.3 is 11.1 Å². The molecular formula is C10H7Cl2N3S. The van der Waals surface area contributed by atoms with E-state index in [-0.39, 0.29) is 10.6 Å². The second-order valence-corrected chi connectivity index (χ2v) is 4.09. The molecular weight excluding hydrogens is 265 g/mol. The van der Waals surface area contributed by atoms with Crippen LogP contribution in [0.25, 0.3) is 0 Å². The van der Waals surface area contributed by atoms with Crippen molar-refractivity contribution < 1.29 is 0 Å². The molecule has 0 heterocycles. The van der Waals surface area contributed by atoms with E-state index in [1.807, 2.05) is 6.07 Å². The maximum absolute atomic E-state index is 8.71. The predicted molar refractivity (Wildman–Crippen MR) is 70.6 cm³/mol. The van der Waals surface area contributed by atoms with Gasteiger partial charge in [-0.15, -0.1) is 0 Å². The van der Waals surface area contributed by atoms with Crippen molar-refractivity contribution in [3.8, 4) is 6.07 Å². The molecule has 0 aromatic heterocycles. The second kappa shape index (κ2) is 5.71. The summed E-state index contributed by atoms with van der Waals surface area (Å²) in [5, 5.41) is 12.6. The quantitative estimate of drug-likeness (QED) is 0.504. The second-order valence-electron chi connectivity index (χ2n) is 2.80. The summed E-state index contributed by atoms with van der Waals surface area (Å²) in [5.41, 5.74) is 6.07. The van der Waals surface area contributed by atoms with Crippen LogP contribution in [0.2, 0.25) is 10.0 Å². The highest BCUT2D eigenvalue weighted by molar-refractivity contribution is 7.80. The molecule has 16 heavy (non-hydrogen) atoms. The highest BCUT2D eigenvalue weighted by Crippen LogP contribution is 2.25. The minimum atomic E-state index is 0.0214. The van der Waals surface area contributed by atoms with E-state index in [9.17, 15) is 0 Å². The first-order valence-corrected chi connectivity index (χ1v) is 5.32. The van der Waals surface area contributed by atoms with Gasteiger partial charge in [0.05, 0.1) is 10.7 Å². The topological polar surface area (TPSA) is 61.8 Å². The largest absolute Gasteiger partial charge is 0.389 e. The molecule has 0 bridgehead atoms. The van der Waals surface area contributed by atoms with E-state index >= 15 is 0 Å². The van der Waals surface area contributed by atoms with Crippen LogP contribution < -0.4 is 11.1 Å². The van der Waals surface area contributed by atoms with Gasteiger partial charge in [-0.3, -0.25) is 0 Å². The van der Waals surface area contributed by atoms with Crippen molar-refractivity contribution in [1.29, 1.82) is 5.26 Å². The molecule has 0 aliphatic rings. The summed E-state index contributed by atoms with van der Waals surface area (Å²) in [6, 6.07) is 6.81. The summed E-state index contributed by atoms with van der Waals surface area (Å²) in [7, 11) is 0. The molecule has 0 saturated carbocycles. The first kappa shape index (κ1) is 12.8. The average Bonchev–Trinajstić information content (AvgIpc) is 2.23. The monoisotopic (exact) mass is 271 g/mol.